The molecule has 168 valence electrons. The zero-order chi connectivity index (χ0) is 23.1. The van der Waals surface area contributed by atoms with Gasteiger partial charge in [0.1, 0.15) is 5.65 Å². The maximum absolute atomic E-state index is 13.0. The predicted molar refractivity (Wildman–Crippen MR) is 131 cm³/mol. The number of benzene rings is 2. The maximum Gasteiger partial charge on any atom is 0.253 e. The van der Waals surface area contributed by atoms with Crippen LogP contribution in [0.25, 0.3) is 28.0 Å². The normalized spacial score (nSPS) is 16.9. The van der Waals surface area contributed by atoms with E-state index < -0.39 is 0 Å². The molecule has 4 heterocycles. The van der Waals surface area contributed by atoms with Crippen molar-refractivity contribution in [2.45, 2.75) is 12.8 Å². The second-order valence-corrected chi connectivity index (χ2v) is 9.45. The van der Waals surface area contributed by atoms with Crippen molar-refractivity contribution in [1.82, 2.24) is 19.6 Å². The van der Waals surface area contributed by atoms with Crippen LogP contribution in [-0.2, 0) is 0 Å². The van der Waals surface area contributed by atoms with Crippen molar-refractivity contribution in [2.75, 3.05) is 26.2 Å². The number of aromatic nitrogens is 2. The number of pyridine rings is 1. The first-order valence-electron chi connectivity index (χ1n) is 11.7. The molecule has 6 heteroatoms. The molecule has 0 atom stereocenters. The third kappa shape index (κ3) is 3.55. The summed E-state index contributed by atoms with van der Waals surface area (Å²) >= 11 is 0. The summed E-state index contributed by atoms with van der Waals surface area (Å²) in [4.78, 5) is 19.6. The van der Waals surface area contributed by atoms with E-state index >= 15 is 0 Å². The lowest BCUT2D eigenvalue weighted by Gasteiger charge is -2.48. The molecule has 0 bridgehead atoms. The largest absolute Gasteiger partial charge is 0.339 e. The number of imidazole rings is 1. The van der Waals surface area contributed by atoms with E-state index in [1.807, 2.05) is 65.7 Å². The van der Waals surface area contributed by atoms with Crippen molar-refractivity contribution in [1.29, 1.82) is 5.26 Å². The summed E-state index contributed by atoms with van der Waals surface area (Å²) in [6.45, 7) is 3.88. The van der Waals surface area contributed by atoms with Gasteiger partial charge in [0.2, 0.25) is 0 Å². The number of carbonyl (C=O) groups excluding carboxylic acids is 1. The molecule has 0 unspecified atom stereocenters. The number of amides is 1. The third-order valence-electron chi connectivity index (χ3n) is 7.39. The average Bonchev–Trinajstić information content (AvgIpc) is 3.31. The van der Waals surface area contributed by atoms with Crippen LogP contribution in [0.3, 0.4) is 0 Å². The minimum atomic E-state index is 0.127. The molecule has 6 rings (SSSR count). The van der Waals surface area contributed by atoms with E-state index in [-0.39, 0.29) is 5.91 Å². The Hall–Kier alpha value is -3.95. The molecule has 34 heavy (non-hydrogen) atoms. The number of nitrogens with one attached hydrogen (secondary N) is 1. The second kappa shape index (κ2) is 8.12. The fourth-order valence-electron chi connectivity index (χ4n) is 5.08. The highest BCUT2D eigenvalue weighted by molar-refractivity contribution is 5.94. The summed E-state index contributed by atoms with van der Waals surface area (Å²) in [7, 11) is 0. The van der Waals surface area contributed by atoms with Gasteiger partial charge in [0.05, 0.1) is 23.5 Å². The molecule has 0 aliphatic carbocycles. The van der Waals surface area contributed by atoms with E-state index in [0.717, 1.165) is 72.6 Å². The number of piperidine rings is 1. The number of hydrogen-bond donors (Lipinski definition) is 1. The molecule has 2 fully saturated rings. The molecule has 1 spiro atoms. The first-order chi connectivity index (χ1) is 16.6. The van der Waals surface area contributed by atoms with Crippen molar-refractivity contribution >= 4 is 11.6 Å². The monoisotopic (exact) mass is 447 g/mol. The summed E-state index contributed by atoms with van der Waals surface area (Å²) in [5.74, 6) is 0.127. The summed E-state index contributed by atoms with van der Waals surface area (Å²) in [5, 5.41) is 12.4. The Morgan fingerprint density at radius 3 is 2.24 bits per heavy atom. The molecule has 2 aromatic carbocycles. The molecule has 2 aromatic heterocycles. The van der Waals surface area contributed by atoms with Gasteiger partial charge in [-0.2, -0.15) is 5.26 Å². The lowest BCUT2D eigenvalue weighted by atomic mass is 9.73. The molecule has 1 amide bonds. The zero-order valence-electron chi connectivity index (χ0n) is 18.9. The smallest absolute Gasteiger partial charge is 0.253 e. The highest BCUT2D eigenvalue weighted by Crippen LogP contribution is 2.35. The minimum absolute atomic E-state index is 0.127. The van der Waals surface area contributed by atoms with Crippen LogP contribution in [0.2, 0.25) is 0 Å². The SMILES string of the molecule is N#Cc1ccc(-c2cnc3ccc(-c4ccc(C(=O)N5CCC6(CC5)CNC6)cc4)cn23)cc1. The summed E-state index contributed by atoms with van der Waals surface area (Å²) < 4.78 is 2.06. The number of carbonyl (C=O) groups is 1. The van der Waals surface area contributed by atoms with E-state index in [0.29, 0.717) is 11.0 Å². The van der Waals surface area contributed by atoms with Gasteiger partial charge in [-0.05, 0) is 65.8 Å². The van der Waals surface area contributed by atoms with Crippen LogP contribution in [0.4, 0.5) is 0 Å². The lowest BCUT2D eigenvalue weighted by Crippen LogP contribution is -2.58. The Labute approximate surface area is 198 Å². The number of hydrogen-bond acceptors (Lipinski definition) is 4. The Bertz CT molecular complexity index is 1400. The maximum atomic E-state index is 13.0. The van der Waals surface area contributed by atoms with Gasteiger partial charge in [0.15, 0.2) is 0 Å². The lowest BCUT2D eigenvalue weighted by molar-refractivity contribution is 0.0415. The Balaban J connectivity index is 1.23. The Morgan fingerprint density at radius 1 is 0.912 bits per heavy atom. The van der Waals surface area contributed by atoms with Gasteiger partial charge in [-0.25, -0.2) is 4.98 Å². The molecule has 4 aromatic rings. The fraction of sp³-hybridized carbons (Fsp3) is 0.250. The topological polar surface area (TPSA) is 73.4 Å². The zero-order valence-corrected chi connectivity index (χ0v) is 18.9. The number of nitriles is 1. The first-order valence-corrected chi connectivity index (χ1v) is 11.7. The summed E-state index contributed by atoms with van der Waals surface area (Å²) in [6, 6.07) is 21.7. The van der Waals surface area contributed by atoms with Gasteiger partial charge >= 0.3 is 0 Å². The Morgan fingerprint density at radius 2 is 1.59 bits per heavy atom. The van der Waals surface area contributed by atoms with Crippen molar-refractivity contribution in [2.24, 2.45) is 5.41 Å². The van der Waals surface area contributed by atoms with Gasteiger partial charge < -0.3 is 10.2 Å². The molecule has 6 nitrogen and oxygen atoms in total. The van der Waals surface area contributed by atoms with Crippen LogP contribution in [0.15, 0.2) is 73.1 Å². The Kier molecular flexibility index (Phi) is 4.93. The van der Waals surface area contributed by atoms with E-state index in [2.05, 4.69) is 33.0 Å². The van der Waals surface area contributed by atoms with Gasteiger partial charge in [-0.15, -0.1) is 0 Å². The van der Waals surface area contributed by atoms with E-state index in [1.165, 1.54) is 0 Å². The van der Waals surface area contributed by atoms with Gasteiger partial charge in [-0.1, -0.05) is 24.3 Å². The summed E-state index contributed by atoms with van der Waals surface area (Å²) in [5.41, 5.74) is 6.75. The van der Waals surface area contributed by atoms with Crippen LogP contribution in [-0.4, -0.2) is 46.4 Å². The number of fused-ring (bicyclic) bond motifs is 1. The van der Waals surface area contributed by atoms with Gasteiger partial charge in [0.25, 0.3) is 5.91 Å². The quantitative estimate of drug-likeness (QED) is 0.506. The molecular formula is C28H25N5O. The van der Waals surface area contributed by atoms with Crippen molar-refractivity contribution in [3.05, 3.63) is 84.2 Å². The average molecular weight is 448 g/mol. The van der Waals surface area contributed by atoms with Crippen LogP contribution in [0.1, 0.15) is 28.8 Å². The van der Waals surface area contributed by atoms with Crippen LogP contribution < -0.4 is 5.32 Å². The van der Waals surface area contributed by atoms with E-state index in [1.54, 1.807) is 0 Å². The number of rotatable bonds is 3. The molecule has 2 saturated heterocycles. The standard InChI is InChI=1S/C28H25N5O/c29-15-20-1-3-22(4-2-20)25-16-31-26-10-9-24(17-33(25)26)21-5-7-23(8-6-21)27(34)32-13-11-28(12-14-32)18-30-19-28/h1-10,16-17,30H,11-14,18-19H2. The molecular weight excluding hydrogens is 422 g/mol. The minimum Gasteiger partial charge on any atom is -0.339 e. The van der Waals surface area contributed by atoms with E-state index in [4.69, 9.17) is 5.26 Å². The van der Waals surface area contributed by atoms with Crippen molar-refractivity contribution in [3.63, 3.8) is 0 Å². The van der Waals surface area contributed by atoms with Crippen LogP contribution in [0.5, 0.6) is 0 Å². The van der Waals surface area contributed by atoms with Crippen molar-refractivity contribution in [3.8, 4) is 28.5 Å². The first kappa shape index (κ1) is 20.6. The molecule has 2 aliphatic rings. The van der Waals surface area contributed by atoms with Gasteiger partial charge in [0, 0.05) is 43.5 Å². The second-order valence-electron chi connectivity index (χ2n) is 9.45. The fourth-order valence-corrected chi connectivity index (χ4v) is 5.08. The van der Waals surface area contributed by atoms with E-state index in [9.17, 15) is 4.79 Å². The highest BCUT2D eigenvalue weighted by Gasteiger charge is 2.40. The summed E-state index contributed by atoms with van der Waals surface area (Å²) in [6.07, 6.45) is 6.11. The predicted octanol–water partition coefficient (Wildman–Crippen LogP) is 4.37. The molecule has 0 radical (unpaired) electrons. The number of likely N-dealkylation sites (tertiary alicyclic amines) is 1. The molecule has 1 N–H and O–H groups in total. The van der Waals surface area contributed by atoms with Crippen molar-refractivity contribution < 1.29 is 4.79 Å². The third-order valence-corrected chi connectivity index (χ3v) is 7.39. The molecule has 0 saturated carbocycles. The molecule has 2 aliphatic heterocycles. The van der Waals surface area contributed by atoms with Crippen LogP contribution >= 0.6 is 0 Å². The van der Waals surface area contributed by atoms with Crippen LogP contribution in [0, 0.1) is 16.7 Å². The van der Waals surface area contributed by atoms with Gasteiger partial charge in [-0.3, -0.25) is 9.20 Å². The highest BCUT2D eigenvalue weighted by atomic mass is 16.2. The number of nitrogens with zero attached hydrogens (tertiary/aromatic N) is 4.